The quantitative estimate of drug-likeness (QED) is 0.506. The van der Waals surface area contributed by atoms with Gasteiger partial charge in [0.05, 0.1) is 13.2 Å². The summed E-state index contributed by atoms with van der Waals surface area (Å²) in [6.45, 7) is 10.5. The highest BCUT2D eigenvalue weighted by Crippen LogP contribution is 2.30. The first-order valence-electron chi connectivity index (χ1n) is 12.0. The van der Waals surface area contributed by atoms with E-state index in [2.05, 4.69) is 5.32 Å². The molecule has 0 aliphatic carbocycles. The van der Waals surface area contributed by atoms with Crippen LogP contribution < -0.4 is 5.32 Å². The lowest BCUT2D eigenvalue weighted by Crippen LogP contribution is -2.51. The van der Waals surface area contributed by atoms with Crippen molar-refractivity contribution in [2.24, 2.45) is 5.41 Å². The minimum absolute atomic E-state index is 0.195. The molecule has 1 aliphatic rings. The lowest BCUT2D eigenvalue weighted by atomic mass is 9.82. The molecule has 0 bridgehead atoms. The van der Waals surface area contributed by atoms with Crippen molar-refractivity contribution in [3.8, 4) is 0 Å². The number of carbonyl (C=O) groups is 3. The summed E-state index contributed by atoms with van der Waals surface area (Å²) in [5, 5.41) is 2.72. The Kier molecular flexibility index (Phi) is 8.33. The summed E-state index contributed by atoms with van der Waals surface area (Å²) in [6.07, 6.45) is 0.323. The van der Waals surface area contributed by atoms with Gasteiger partial charge in [-0.25, -0.2) is 4.79 Å². The average molecular weight is 481 g/mol. The van der Waals surface area contributed by atoms with Gasteiger partial charge in [0.1, 0.15) is 11.6 Å². The Hall–Kier alpha value is -3.19. The van der Waals surface area contributed by atoms with E-state index in [-0.39, 0.29) is 17.9 Å². The van der Waals surface area contributed by atoms with E-state index in [4.69, 9.17) is 9.47 Å². The Balaban J connectivity index is 1.67. The van der Waals surface area contributed by atoms with E-state index in [0.717, 1.165) is 11.1 Å². The second kappa shape index (κ2) is 11.0. The van der Waals surface area contributed by atoms with Crippen molar-refractivity contribution < 1.29 is 23.9 Å². The predicted octanol–water partition coefficient (Wildman–Crippen LogP) is 5.09. The molecule has 1 heterocycles. The predicted molar refractivity (Wildman–Crippen MR) is 134 cm³/mol. The number of hydrogen-bond donors (Lipinski definition) is 1. The molecule has 188 valence electrons. The van der Waals surface area contributed by atoms with Crippen LogP contribution in [0.4, 0.5) is 4.79 Å². The smallest absolute Gasteiger partial charge is 0.408 e. The second-order valence-electron chi connectivity index (χ2n) is 10.7. The fourth-order valence-corrected chi connectivity index (χ4v) is 4.04. The first-order valence-corrected chi connectivity index (χ1v) is 12.0. The van der Waals surface area contributed by atoms with Crippen molar-refractivity contribution in [3.63, 3.8) is 0 Å². The van der Waals surface area contributed by atoms with Gasteiger partial charge >= 0.3 is 6.09 Å². The van der Waals surface area contributed by atoms with Gasteiger partial charge in [-0.1, -0.05) is 62.4 Å². The van der Waals surface area contributed by atoms with Crippen molar-refractivity contribution in [2.75, 3.05) is 6.61 Å². The monoisotopic (exact) mass is 480 g/mol. The fourth-order valence-electron chi connectivity index (χ4n) is 4.04. The molecule has 7 heteroatoms. The standard InChI is InChI=1S/C28H36N2O5/c1-27(2,3)35-26(33)29-23(25(32)30-18-21-13-9-10-14-22(21)24(30)31)17-28(4,5)15-16-34-19-20-11-7-6-8-12-20/h6-14,23H,15-19H2,1-5H3,(H,29,33)/t23-/m0/s1. The van der Waals surface area contributed by atoms with Crippen LogP contribution >= 0.6 is 0 Å². The number of carbonyl (C=O) groups excluding carboxylic acids is 3. The minimum atomic E-state index is -0.910. The van der Waals surface area contributed by atoms with Gasteiger partial charge in [-0.05, 0) is 56.2 Å². The number of fused-ring (bicyclic) bond motifs is 1. The number of ether oxygens (including phenoxy) is 2. The van der Waals surface area contributed by atoms with E-state index in [1.54, 1.807) is 32.9 Å². The third-order valence-corrected chi connectivity index (χ3v) is 5.87. The molecule has 3 amide bonds. The Morgan fingerprint density at radius 1 is 1.00 bits per heavy atom. The van der Waals surface area contributed by atoms with Gasteiger partial charge < -0.3 is 14.8 Å². The highest BCUT2D eigenvalue weighted by Gasteiger charge is 2.39. The molecule has 0 radical (unpaired) electrons. The summed E-state index contributed by atoms with van der Waals surface area (Å²) >= 11 is 0. The Labute approximate surface area is 207 Å². The summed E-state index contributed by atoms with van der Waals surface area (Å²) in [7, 11) is 0. The molecule has 1 atom stereocenters. The molecule has 35 heavy (non-hydrogen) atoms. The van der Waals surface area contributed by atoms with E-state index < -0.39 is 23.6 Å². The molecule has 0 saturated carbocycles. The highest BCUT2D eigenvalue weighted by atomic mass is 16.6. The number of rotatable bonds is 9. The molecule has 0 spiro atoms. The number of nitrogens with zero attached hydrogens (tertiary/aromatic N) is 1. The molecule has 0 fully saturated rings. The number of benzene rings is 2. The highest BCUT2D eigenvalue weighted by molar-refractivity contribution is 6.09. The van der Waals surface area contributed by atoms with Gasteiger partial charge in [-0.15, -0.1) is 0 Å². The molecule has 1 N–H and O–H groups in total. The van der Waals surface area contributed by atoms with E-state index in [0.29, 0.717) is 31.6 Å². The molecule has 0 saturated heterocycles. The van der Waals surface area contributed by atoms with E-state index in [9.17, 15) is 14.4 Å². The fraction of sp³-hybridized carbons (Fsp3) is 0.464. The SMILES string of the molecule is CC(C)(CCOCc1ccccc1)C[C@H](NC(=O)OC(C)(C)C)C(=O)N1Cc2ccccc2C1=O. The van der Waals surface area contributed by atoms with Crippen LogP contribution in [0.1, 0.15) is 68.9 Å². The Morgan fingerprint density at radius 2 is 1.66 bits per heavy atom. The van der Waals surface area contributed by atoms with Crippen LogP contribution in [-0.4, -0.2) is 41.1 Å². The van der Waals surface area contributed by atoms with Gasteiger partial charge in [-0.2, -0.15) is 0 Å². The summed E-state index contributed by atoms with van der Waals surface area (Å²) in [4.78, 5) is 40.2. The topological polar surface area (TPSA) is 84.9 Å². The van der Waals surface area contributed by atoms with Crippen molar-refractivity contribution in [1.82, 2.24) is 10.2 Å². The Morgan fingerprint density at radius 3 is 2.31 bits per heavy atom. The molecule has 0 aromatic heterocycles. The van der Waals surface area contributed by atoms with Crippen LogP contribution in [0.2, 0.25) is 0 Å². The summed E-state index contributed by atoms with van der Waals surface area (Å²) in [5.74, 6) is -0.777. The zero-order valence-corrected chi connectivity index (χ0v) is 21.3. The Bertz CT molecular complexity index is 1040. The summed E-state index contributed by atoms with van der Waals surface area (Å²) in [6, 6.07) is 16.2. The van der Waals surface area contributed by atoms with Crippen molar-refractivity contribution >= 4 is 17.9 Å². The molecule has 1 aliphatic heterocycles. The number of alkyl carbamates (subject to hydrolysis) is 1. The van der Waals surface area contributed by atoms with Crippen molar-refractivity contribution in [2.45, 2.75) is 72.3 Å². The normalized spacial score (nSPS) is 14.4. The van der Waals surface area contributed by atoms with Gasteiger partial charge in [0, 0.05) is 12.2 Å². The number of amides is 3. The largest absolute Gasteiger partial charge is 0.444 e. The van der Waals surface area contributed by atoms with E-state index in [1.807, 2.05) is 56.3 Å². The third kappa shape index (κ3) is 7.65. The van der Waals surface area contributed by atoms with Crippen LogP contribution in [0.5, 0.6) is 0 Å². The van der Waals surface area contributed by atoms with Gasteiger partial charge in [0.25, 0.3) is 11.8 Å². The lowest BCUT2D eigenvalue weighted by Gasteiger charge is -2.32. The molecular formula is C28H36N2O5. The molecule has 2 aromatic rings. The van der Waals surface area contributed by atoms with Crippen molar-refractivity contribution in [1.29, 1.82) is 0 Å². The van der Waals surface area contributed by atoms with Crippen LogP contribution in [0.3, 0.4) is 0 Å². The van der Waals surface area contributed by atoms with Crippen LogP contribution in [0.25, 0.3) is 0 Å². The van der Waals surface area contributed by atoms with E-state index in [1.165, 1.54) is 4.90 Å². The minimum Gasteiger partial charge on any atom is -0.444 e. The molecule has 2 aromatic carbocycles. The third-order valence-electron chi connectivity index (χ3n) is 5.87. The molecule has 7 nitrogen and oxygen atoms in total. The number of imide groups is 1. The maximum atomic E-state index is 13.5. The van der Waals surface area contributed by atoms with Crippen LogP contribution in [-0.2, 0) is 27.4 Å². The summed E-state index contributed by atoms with van der Waals surface area (Å²) in [5.41, 5.74) is 1.36. The summed E-state index contributed by atoms with van der Waals surface area (Å²) < 4.78 is 11.2. The average Bonchev–Trinajstić information content (AvgIpc) is 3.12. The molecular weight excluding hydrogens is 444 g/mol. The van der Waals surface area contributed by atoms with Gasteiger partial charge in [0.15, 0.2) is 0 Å². The van der Waals surface area contributed by atoms with E-state index >= 15 is 0 Å². The zero-order chi connectivity index (χ0) is 25.6. The zero-order valence-electron chi connectivity index (χ0n) is 21.3. The van der Waals surface area contributed by atoms with Gasteiger partial charge in [-0.3, -0.25) is 14.5 Å². The lowest BCUT2D eigenvalue weighted by molar-refractivity contribution is -0.132. The number of hydrogen-bond acceptors (Lipinski definition) is 5. The van der Waals surface area contributed by atoms with Crippen molar-refractivity contribution in [3.05, 3.63) is 71.3 Å². The first-order chi connectivity index (χ1) is 16.5. The molecule has 0 unspecified atom stereocenters. The van der Waals surface area contributed by atoms with Gasteiger partial charge in [0.2, 0.25) is 0 Å². The van der Waals surface area contributed by atoms with Crippen LogP contribution in [0.15, 0.2) is 54.6 Å². The second-order valence-corrected chi connectivity index (χ2v) is 10.7. The first kappa shape index (κ1) is 26.4. The van der Waals surface area contributed by atoms with Crippen LogP contribution in [0, 0.1) is 5.41 Å². The maximum Gasteiger partial charge on any atom is 0.408 e. The molecule has 3 rings (SSSR count). The maximum absolute atomic E-state index is 13.5. The number of nitrogens with one attached hydrogen (secondary N) is 1.